The first-order valence-electron chi connectivity index (χ1n) is 5.67. The van der Waals surface area contributed by atoms with E-state index in [0.29, 0.717) is 0 Å². The SMILES string of the molecule is CC1=C(C)CC=C1.CC1=CC(C)=C(C)C1. The summed E-state index contributed by atoms with van der Waals surface area (Å²) in [7, 11) is 0. The summed E-state index contributed by atoms with van der Waals surface area (Å²) in [5, 5.41) is 0. The third-order valence-corrected chi connectivity index (χ3v) is 3.15. The van der Waals surface area contributed by atoms with E-state index in [9.17, 15) is 0 Å². The van der Waals surface area contributed by atoms with Gasteiger partial charge in [-0.05, 0) is 47.5 Å². The predicted molar refractivity (Wildman–Crippen MR) is 68.9 cm³/mol. The van der Waals surface area contributed by atoms with Gasteiger partial charge in [-0.15, -0.1) is 0 Å². The maximum absolute atomic E-state index is 2.26. The molecule has 0 heteroatoms. The van der Waals surface area contributed by atoms with Crippen LogP contribution >= 0.6 is 0 Å². The lowest BCUT2D eigenvalue weighted by atomic mass is 10.2. The zero-order valence-electron chi connectivity index (χ0n) is 10.6. The highest BCUT2D eigenvalue weighted by Gasteiger charge is 2.02. The number of hydrogen-bond donors (Lipinski definition) is 0. The lowest BCUT2D eigenvalue weighted by Gasteiger charge is -1.90. The zero-order valence-corrected chi connectivity index (χ0v) is 10.6. The molecule has 0 saturated heterocycles. The summed E-state index contributed by atoms with van der Waals surface area (Å²) in [5.41, 5.74) is 7.45. The van der Waals surface area contributed by atoms with Crippen molar-refractivity contribution in [2.45, 2.75) is 47.5 Å². The first-order valence-corrected chi connectivity index (χ1v) is 5.67. The van der Waals surface area contributed by atoms with Crippen LogP contribution in [0.4, 0.5) is 0 Å². The van der Waals surface area contributed by atoms with Crippen LogP contribution in [0.2, 0.25) is 0 Å². The highest BCUT2D eigenvalue weighted by molar-refractivity contribution is 5.35. The molecule has 2 aliphatic rings. The van der Waals surface area contributed by atoms with Gasteiger partial charge in [0, 0.05) is 0 Å². The van der Waals surface area contributed by atoms with Crippen LogP contribution in [0.5, 0.6) is 0 Å². The number of rotatable bonds is 0. The Bertz CT molecular complexity index is 359. The van der Waals surface area contributed by atoms with Crippen molar-refractivity contribution in [1.29, 1.82) is 0 Å². The summed E-state index contributed by atoms with van der Waals surface area (Å²) < 4.78 is 0. The van der Waals surface area contributed by atoms with Crippen molar-refractivity contribution in [2.75, 3.05) is 0 Å². The highest BCUT2D eigenvalue weighted by atomic mass is 14.1. The van der Waals surface area contributed by atoms with Gasteiger partial charge in [-0.2, -0.15) is 0 Å². The van der Waals surface area contributed by atoms with Crippen molar-refractivity contribution in [1.82, 2.24) is 0 Å². The average Bonchev–Trinajstić information content (AvgIpc) is 2.63. The minimum Gasteiger partial charge on any atom is -0.0802 e. The van der Waals surface area contributed by atoms with Crippen molar-refractivity contribution in [3.63, 3.8) is 0 Å². The van der Waals surface area contributed by atoms with Gasteiger partial charge in [0.15, 0.2) is 0 Å². The van der Waals surface area contributed by atoms with Crippen LogP contribution in [-0.4, -0.2) is 0 Å². The molecule has 2 rings (SSSR count). The standard InChI is InChI=1S/C8H12.C7H10/c1-6-4-7(2)8(3)5-6;1-6-4-3-5-7(6)2/h4H,5H2,1-3H3;3-4H,5H2,1-2H3. The van der Waals surface area contributed by atoms with E-state index in [4.69, 9.17) is 0 Å². The molecule has 0 atom stereocenters. The van der Waals surface area contributed by atoms with Crippen LogP contribution in [-0.2, 0) is 0 Å². The van der Waals surface area contributed by atoms with Crippen molar-refractivity contribution in [3.05, 3.63) is 46.1 Å². The Morgan fingerprint density at radius 2 is 1.53 bits per heavy atom. The van der Waals surface area contributed by atoms with E-state index in [1.807, 2.05) is 0 Å². The topological polar surface area (TPSA) is 0 Å². The van der Waals surface area contributed by atoms with Crippen LogP contribution in [0.1, 0.15) is 47.5 Å². The minimum atomic E-state index is 1.17. The van der Waals surface area contributed by atoms with E-state index >= 15 is 0 Å². The molecule has 0 aromatic carbocycles. The average molecular weight is 202 g/mol. The molecular weight excluding hydrogens is 180 g/mol. The molecule has 0 aliphatic heterocycles. The normalized spacial score (nSPS) is 19.4. The monoisotopic (exact) mass is 202 g/mol. The molecule has 0 aromatic rings. The Morgan fingerprint density at radius 3 is 1.67 bits per heavy atom. The summed E-state index contributed by atoms with van der Waals surface area (Å²) in [6.07, 6.45) is 9.01. The third-order valence-electron chi connectivity index (χ3n) is 3.15. The Labute approximate surface area is 94.1 Å². The van der Waals surface area contributed by atoms with E-state index in [0.717, 1.165) is 0 Å². The van der Waals surface area contributed by atoms with Gasteiger partial charge in [-0.1, -0.05) is 46.1 Å². The number of hydrogen-bond acceptors (Lipinski definition) is 0. The maximum atomic E-state index is 2.26. The minimum absolute atomic E-state index is 1.17. The van der Waals surface area contributed by atoms with Crippen LogP contribution in [0.3, 0.4) is 0 Å². The fourth-order valence-electron chi connectivity index (χ4n) is 1.82. The second kappa shape index (κ2) is 5.16. The lowest BCUT2D eigenvalue weighted by Crippen LogP contribution is -1.70. The van der Waals surface area contributed by atoms with Crippen LogP contribution in [0.25, 0.3) is 0 Å². The van der Waals surface area contributed by atoms with E-state index in [-0.39, 0.29) is 0 Å². The fourth-order valence-corrected chi connectivity index (χ4v) is 1.82. The molecule has 0 bridgehead atoms. The van der Waals surface area contributed by atoms with E-state index < -0.39 is 0 Å². The molecule has 0 radical (unpaired) electrons. The summed E-state index contributed by atoms with van der Waals surface area (Å²) in [4.78, 5) is 0. The lowest BCUT2D eigenvalue weighted by molar-refractivity contribution is 1.14. The molecule has 0 saturated carbocycles. The molecule has 0 unspecified atom stereocenters. The second-order valence-corrected chi connectivity index (χ2v) is 4.70. The Morgan fingerprint density at radius 1 is 0.867 bits per heavy atom. The summed E-state index contributed by atoms with van der Waals surface area (Å²) in [5.74, 6) is 0. The van der Waals surface area contributed by atoms with E-state index in [1.165, 1.54) is 40.7 Å². The first-order chi connectivity index (χ1) is 7.00. The molecule has 0 aromatic heterocycles. The molecule has 2 aliphatic carbocycles. The van der Waals surface area contributed by atoms with Crippen LogP contribution in [0, 0.1) is 0 Å². The summed E-state index contributed by atoms with van der Waals surface area (Å²) in [6.45, 7) is 10.9. The number of allylic oxidation sites excluding steroid dienone is 8. The largest absolute Gasteiger partial charge is 0.0802 e. The van der Waals surface area contributed by atoms with Gasteiger partial charge in [0.25, 0.3) is 0 Å². The van der Waals surface area contributed by atoms with Crippen LogP contribution in [0.15, 0.2) is 46.1 Å². The quantitative estimate of drug-likeness (QED) is 0.521. The molecule has 0 amide bonds. The molecule has 0 fully saturated rings. The Kier molecular flexibility index (Phi) is 4.14. The van der Waals surface area contributed by atoms with Gasteiger partial charge in [-0.3, -0.25) is 0 Å². The summed E-state index contributed by atoms with van der Waals surface area (Å²) >= 11 is 0. The molecule has 0 heterocycles. The fraction of sp³-hybridized carbons (Fsp3) is 0.467. The van der Waals surface area contributed by atoms with Gasteiger partial charge in [0.2, 0.25) is 0 Å². The van der Waals surface area contributed by atoms with Crippen molar-refractivity contribution in [3.8, 4) is 0 Å². The molecule has 0 nitrogen and oxygen atoms in total. The summed E-state index contributed by atoms with van der Waals surface area (Å²) in [6, 6.07) is 0. The van der Waals surface area contributed by atoms with E-state index in [1.54, 1.807) is 0 Å². The molecule has 0 N–H and O–H groups in total. The maximum Gasteiger partial charge on any atom is -0.0105 e. The van der Waals surface area contributed by atoms with Crippen LogP contribution < -0.4 is 0 Å². The molecule has 15 heavy (non-hydrogen) atoms. The smallest absolute Gasteiger partial charge is 0.0105 e. The molecular formula is C15H22. The Balaban J connectivity index is 0.000000151. The van der Waals surface area contributed by atoms with Crippen molar-refractivity contribution in [2.24, 2.45) is 0 Å². The van der Waals surface area contributed by atoms with Crippen molar-refractivity contribution < 1.29 is 0 Å². The van der Waals surface area contributed by atoms with Gasteiger partial charge in [-0.25, -0.2) is 0 Å². The Hall–Kier alpha value is -1.04. The van der Waals surface area contributed by atoms with Gasteiger partial charge in [0.1, 0.15) is 0 Å². The van der Waals surface area contributed by atoms with Crippen molar-refractivity contribution >= 4 is 0 Å². The van der Waals surface area contributed by atoms with E-state index in [2.05, 4.69) is 52.8 Å². The highest BCUT2D eigenvalue weighted by Crippen LogP contribution is 2.23. The predicted octanol–water partition coefficient (Wildman–Crippen LogP) is 4.96. The third kappa shape index (κ3) is 3.54. The van der Waals surface area contributed by atoms with Gasteiger partial charge >= 0.3 is 0 Å². The molecule has 0 spiro atoms. The van der Waals surface area contributed by atoms with Gasteiger partial charge < -0.3 is 0 Å². The first kappa shape index (κ1) is 12.0. The zero-order chi connectivity index (χ0) is 11.4. The van der Waals surface area contributed by atoms with Gasteiger partial charge in [0.05, 0.1) is 0 Å². The second-order valence-electron chi connectivity index (χ2n) is 4.70. The molecule has 82 valence electrons.